The lowest BCUT2D eigenvalue weighted by molar-refractivity contribution is 2.20. The summed E-state index contributed by atoms with van der Waals surface area (Å²) in [6.07, 6.45) is 0. The molecule has 0 radical (unpaired) electrons. The van der Waals surface area contributed by atoms with Crippen molar-refractivity contribution in [3.8, 4) is 0 Å². The highest BCUT2D eigenvalue weighted by Crippen LogP contribution is 1.73. The van der Waals surface area contributed by atoms with E-state index in [9.17, 15) is 0 Å². The van der Waals surface area contributed by atoms with Crippen LogP contribution in [0.1, 0.15) is 11.7 Å². The van der Waals surface area contributed by atoms with Gasteiger partial charge in [0, 0.05) is 4.28 Å². The molecule has 4 heteroatoms. The molecule has 0 rings (SSSR count). The van der Waals surface area contributed by atoms with E-state index in [1.54, 1.807) is 0 Å². The molecule has 0 aliphatic heterocycles. The first-order chi connectivity index (χ1) is 1.41. The average Bonchev–Trinajstić information content (AvgIpc) is 0.918. The quantitative estimate of drug-likeness (QED) is 0.499. The second-order valence-electron chi connectivity index (χ2n) is 0.101. The lowest BCUT2D eigenvalue weighted by atomic mass is 11.9. The van der Waals surface area contributed by atoms with Crippen LogP contribution in [0.25, 0.3) is 0 Å². The molecule has 0 spiro atoms. The fourth-order valence-corrected chi connectivity index (χ4v) is 0. The van der Waals surface area contributed by atoms with Gasteiger partial charge in [0.1, 0.15) is 0 Å². The molecule has 0 fully saturated rings. The third-order valence-electron chi connectivity index (χ3n) is 0. The molecule has 0 saturated heterocycles. The molecule has 0 aromatic carbocycles. The first-order valence-corrected chi connectivity index (χ1v) is 1.60. The third-order valence-corrected chi connectivity index (χ3v) is 0. The van der Waals surface area contributed by atoms with E-state index in [1.807, 2.05) is 0 Å². The maximum Gasteiger partial charge on any atom is 0.0967 e. The molecule has 0 unspecified atom stereocenters. The molecule has 50 valence electrons. The normalized spacial score (nSPS) is 3.00. The highest BCUT2D eigenvalue weighted by Gasteiger charge is 1.41. The molecule has 0 amide bonds. The molecule has 0 nitrogen and oxygen atoms in total. The molecule has 0 aliphatic rings. The van der Waals surface area contributed by atoms with E-state index in [0.29, 0.717) is 0 Å². The molecule has 0 aromatic heterocycles. The maximum absolute atomic E-state index is 4.76. The van der Waals surface area contributed by atoms with E-state index in [4.69, 9.17) is 23.2 Å². The summed E-state index contributed by atoms with van der Waals surface area (Å²) in [6.45, 7) is 0. The van der Waals surface area contributed by atoms with Crippen LogP contribution in [0.4, 0.5) is 0 Å². The molecule has 0 bridgehead atoms. The molecule has 0 atom stereocenters. The fourth-order valence-electron chi connectivity index (χ4n) is 0. The van der Waals surface area contributed by atoms with Gasteiger partial charge in [-0.2, -0.15) is 0 Å². The molecule has 0 aromatic rings. The maximum atomic E-state index is 4.76. The molecule has 0 saturated carbocycles. The Labute approximate surface area is 65.5 Å². The van der Waals surface area contributed by atoms with E-state index >= 15 is 0 Å². The standard InChI is InChI=1S/CH2Cl2.CH4.2ClH.3H2/c2-1-3;;;;;;/h1H2;1H4;5*1H. The Morgan fingerprint density at radius 2 is 1.17 bits per heavy atom. The van der Waals surface area contributed by atoms with Crippen molar-refractivity contribution < 1.29 is 4.28 Å². The zero-order valence-corrected chi connectivity index (χ0v) is 5.42. The third kappa shape index (κ3) is 66.4. The SMILES string of the molecule is C.Cl.Cl.ClCCl.[HH].[HH].[HH]. The Morgan fingerprint density at radius 1 is 1.17 bits per heavy atom. The number of hydrogen-bond acceptors (Lipinski definition) is 0. The van der Waals surface area contributed by atoms with Gasteiger partial charge >= 0.3 is 0 Å². The van der Waals surface area contributed by atoms with Crippen LogP contribution in [-0.2, 0) is 0 Å². The van der Waals surface area contributed by atoms with E-state index in [0.717, 1.165) is 0 Å². The van der Waals surface area contributed by atoms with Gasteiger partial charge in [0.15, 0.2) is 0 Å². The Hall–Kier alpha value is 1.16. The lowest BCUT2D eigenvalue weighted by Crippen LogP contribution is -1.24. The van der Waals surface area contributed by atoms with Crippen molar-refractivity contribution >= 4 is 48.0 Å². The number of halogens is 4. The summed E-state index contributed by atoms with van der Waals surface area (Å²) in [5, 5.41) is 0.194. The summed E-state index contributed by atoms with van der Waals surface area (Å²) in [5.41, 5.74) is 0. The average molecular weight is 180 g/mol. The van der Waals surface area contributed by atoms with Crippen LogP contribution in [-0.4, -0.2) is 5.34 Å². The highest BCUT2D eigenvalue weighted by atomic mass is 35.5. The van der Waals surface area contributed by atoms with Gasteiger partial charge in [0.2, 0.25) is 0 Å². The van der Waals surface area contributed by atoms with E-state index < -0.39 is 0 Å². The second kappa shape index (κ2) is 35.2. The van der Waals surface area contributed by atoms with Gasteiger partial charge in [0.05, 0.1) is 5.34 Å². The summed E-state index contributed by atoms with van der Waals surface area (Å²) in [6, 6.07) is 0. The number of hydrogen-bond donors (Lipinski definition) is 0. The first kappa shape index (κ1) is 27.2. The van der Waals surface area contributed by atoms with Crippen LogP contribution in [0.5, 0.6) is 0 Å². The van der Waals surface area contributed by atoms with Gasteiger partial charge in [-0.15, -0.1) is 48.0 Å². The van der Waals surface area contributed by atoms with Crippen molar-refractivity contribution in [1.29, 1.82) is 0 Å². The minimum absolute atomic E-state index is 0. The Balaban J connectivity index is -0.00000000133. The van der Waals surface area contributed by atoms with Crippen molar-refractivity contribution in [1.82, 2.24) is 0 Å². The molecule has 0 aliphatic carbocycles. The Kier molecular flexibility index (Phi) is 159. The van der Waals surface area contributed by atoms with Crippen molar-refractivity contribution in [2.24, 2.45) is 0 Å². The van der Waals surface area contributed by atoms with Crippen LogP contribution >= 0.6 is 48.0 Å². The van der Waals surface area contributed by atoms with Crippen molar-refractivity contribution in [3.63, 3.8) is 0 Å². The van der Waals surface area contributed by atoms with Crippen molar-refractivity contribution in [2.75, 3.05) is 5.34 Å². The second-order valence-corrected chi connectivity index (χ2v) is 0.909. The molecule has 6 heavy (non-hydrogen) atoms. The van der Waals surface area contributed by atoms with Crippen LogP contribution in [0.2, 0.25) is 0 Å². The topological polar surface area (TPSA) is 0 Å². The van der Waals surface area contributed by atoms with E-state index in [2.05, 4.69) is 0 Å². The molecular formula is C2H14Cl4. The minimum atomic E-state index is 0. The first-order valence-electron chi connectivity index (χ1n) is 0.535. The summed E-state index contributed by atoms with van der Waals surface area (Å²) in [7, 11) is 0. The Bertz CT molecular complexity index is 13.8. The monoisotopic (exact) mass is 178 g/mol. The predicted molar refractivity (Wildman–Crippen MR) is 44.1 cm³/mol. The zero-order chi connectivity index (χ0) is 2.71. The Morgan fingerprint density at radius 3 is 1.17 bits per heavy atom. The van der Waals surface area contributed by atoms with Crippen molar-refractivity contribution in [2.45, 2.75) is 7.43 Å². The van der Waals surface area contributed by atoms with Crippen LogP contribution < -0.4 is 0 Å². The summed E-state index contributed by atoms with van der Waals surface area (Å²) in [5.74, 6) is 0. The van der Waals surface area contributed by atoms with Gasteiger partial charge in [-0.25, -0.2) is 0 Å². The molecular weight excluding hydrogens is 166 g/mol. The summed E-state index contributed by atoms with van der Waals surface area (Å²) < 4.78 is 0. The highest BCUT2D eigenvalue weighted by molar-refractivity contribution is 6.40. The largest absolute Gasteiger partial charge is 0.147 e. The fraction of sp³-hybridized carbons (Fsp3) is 1.00. The number of rotatable bonds is 0. The van der Waals surface area contributed by atoms with Crippen LogP contribution in [0.15, 0.2) is 0 Å². The van der Waals surface area contributed by atoms with Crippen LogP contribution in [0.3, 0.4) is 0 Å². The van der Waals surface area contributed by atoms with Gasteiger partial charge in [-0.05, 0) is 0 Å². The lowest BCUT2D eigenvalue weighted by Gasteiger charge is -1.42. The van der Waals surface area contributed by atoms with Gasteiger partial charge in [-0.3, -0.25) is 0 Å². The van der Waals surface area contributed by atoms with E-state index in [-0.39, 0.29) is 41.9 Å². The van der Waals surface area contributed by atoms with Gasteiger partial charge in [0.25, 0.3) is 0 Å². The molecule has 0 N–H and O–H groups in total. The summed E-state index contributed by atoms with van der Waals surface area (Å²) >= 11 is 9.53. The summed E-state index contributed by atoms with van der Waals surface area (Å²) in [4.78, 5) is 0. The van der Waals surface area contributed by atoms with E-state index in [1.165, 1.54) is 0 Å². The van der Waals surface area contributed by atoms with Gasteiger partial charge < -0.3 is 0 Å². The van der Waals surface area contributed by atoms with Gasteiger partial charge in [-0.1, -0.05) is 7.43 Å². The smallest absolute Gasteiger partial charge is 0.0967 e. The zero-order valence-electron chi connectivity index (χ0n) is 2.28. The predicted octanol–water partition coefficient (Wildman–Crippen LogP) is 3.64. The number of alkyl halides is 2. The van der Waals surface area contributed by atoms with Crippen molar-refractivity contribution in [3.05, 3.63) is 0 Å². The van der Waals surface area contributed by atoms with Crippen LogP contribution in [0, 0.1) is 0 Å². The molecule has 0 heterocycles. The minimum Gasteiger partial charge on any atom is -0.147 e.